The third kappa shape index (κ3) is 1.89. The van der Waals surface area contributed by atoms with Crippen LogP contribution in [0.5, 0.6) is 5.75 Å². The molecule has 1 aromatic rings. The van der Waals surface area contributed by atoms with Crippen molar-refractivity contribution < 1.29 is 9.13 Å². The van der Waals surface area contributed by atoms with Gasteiger partial charge in [-0.2, -0.15) is 0 Å². The van der Waals surface area contributed by atoms with E-state index in [2.05, 4.69) is 4.90 Å². The predicted molar refractivity (Wildman–Crippen MR) is 74.3 cm³/mol. The third-order valence-corrected chi connectivity index (χ3v) is 4.37. The van der Waals surface area contributed by atoms with E-state index < -0.39 is 0 Å². The molecule has 0 radical (unpaired) electrons. The van der Waals surface area contributed by atoms with Gasteiger partial charge in [0, 0.05) is 35.8 Å². The van der Waals surface area contributed by atoms with E-state index in [0.29, 0.717) is 17.7 Å². The van der Waals surface area contributed by atoms with Gasteiger partial charge in [0.25, 0.3) is 0 Å². The van der Waals surface area contributed by atoms with Crippen molar-refractivity contribution in [2.24, 2.45) is 5.73 Å². The highest BCUT2D eigenvalue weighted by Crippen LogP contribution is 2.53. The molecule has 0 bridgehead atoms. The summed E-state index contributed by atoms with van der Waals surface area (Å²) in [5.74, 6) is 0.579. The minimum atomic E-state index is -0.255. The molecule has 0 amide bonds. The summed E-state index contributed by atoms with van der Waals surface area (Å²) in [5.41, 5.74) is 8.14. The fraction of sp³-hybridized carbons (Fsp3) is 0.600. The maximum absolute atomic E-state index is 13.9. The average Bonchev–Trinajstić information content (AvgIpc) is 2.92. The van der Waals surface area contributed by atoms with Gasteiger partial charge in [-0.05, 0) is 31.9 Å². The Morgan fingerprint density at radius 2 is 2.26 bits per heavy atom. The molecule has 3 atom stereocenters. The average molecular weight is 264 g/mol. The lowest BCUT2D eigenvalue weighted by molar-refractivity contribution is 0.379. The van der Waals surface area contributed by atoms with E-state index in [4.69, 9.17) is 10.5 Å². The number of hydrogen-bond acceptors (Lipinski definition) is 3. The van der Waals surface area contributed by atoms with Crippen LogP contribution in [0.2, 0.25) is 0 Å². The molecule has 19 heavy (non-hydrogen) atoms. The normalized spacial score (nSPS) is 26.2. The van der Waals surface area contributed by atoms with Gasteiger partial charge in [0.2, 0.25) is 0 Å². The van der Waals surface area contributed by atoms with E-state index >= 15 is 0 Å². The topological polar surface area (TPSA) is 38.5 Å². The summed E-state index contributed by atoms with van der Waals surface area (Å²) >= 11 is 0. The molecule has 1 aliphatic carbocycles. The van der Waals surface area contributed by atoms with Crippen molar-refractivity contribution in [2.75, 3.05) is 18.6 Å². The van der Waals surface area contributed by atoms with E-state index in [0.717, 1.165) is 30.6 Å². The van der Waals surface area contributed by atoms with Gasteiger partial charge in [-0.15, -0.1) is 0 Å². The molecule has 1 aromatic carbocycles. The fourth-order valence-electron chi connectivity index (χ4n) is 3.75. The fourth-order valence-corrected chi connectivity index (χ4v) is 3.75. The zero-order valence-corrected chi connectivity index (χ0v) is 11.5. The van der Waals surface area contributed by atoms with E-state index in [1.54, 1.807) is 7.11 Å². The molecule has 1 saturated carbocycles. The van der Waals surface area contributed by atoms with Gasteiger partial charge < -0.3 is 15.4 Å². The number of halogens is 1. The van der Waals surface area contributed by atoms with Crippen LogP contribution in [0.3, 0.4) is 0 Å². The second-order valence-corrected chi connectivity index (χ2v) is 5.75. The predicted octanol–water partition coefficient (Wildman–Crippen LogP) is 2.64. The molecule has 0 saturated heterocycles. The Bertz CT molecular complexity index is 489. The van der Waals surface area contributed by atoms with E-state index in [1.165, 1.54) is 12.5 Å². The molecule has 2 N–H and O–H groups in total. The van der Waals surface area contributed by atoms with Gasteiger partial charge in [-0.3, -0.25) is 0 Å². The molecule has 2 aliphatic rings. The molecule has 3 rings (SSSR count). The summed E-state index contributed by atoms with van der Waals surface area (Å²) in [5, 5.41) is 0. The van der Waals surface area contributed by atoms with E-state index in [-0.39, 0.29) is 11.9 Å². The third-order valence-electron chi connectivity index (χ3n) is 4.37. The SMILES string of the molecule is COc1c(F)ccc2c1C1CCCC1N2CC(C)N. The molecule has 0 spiro atoms. The standard InChI is InChI=1S/C15H21FN2O/c1-9(17)8-18-12-5-3-4-10(12)14-13(18)7-6-11(16)15(14)19-2/h6-7,9-10,12H,3-5,8,17H2,1-2H3. The van der Waals surface area contributed by atoms with Crippen LogP contribution in [0.1, 0.15) is 37.7 Å². The number of rotatable bonds is 3. The first-order chi connectivity index (χ1) is 9.13. The first-order valence-corrected chi connectivity index (χ1v) is 7.02. The number of benzene rings is 1. The van der Waals surface area contributed by atoms with Crippen LogP contribution in [0.4, 0.5) is 10.1 Å². The Kier molecular flexibility index (Phi) is 3.13. The van der Waals surface area contributed by atoms with Crippen molar-refractivity contribution in [1.82, 2.24) is 0 Å². The lowest BCUT2D eigenvalue weighted by atomic mass is 9.96. The van der Waals surface area contributed by atoms with Gasteiger partial charge in [0.1, 0.15) is 0 Å². The van der Waals surface area contributed by atoms with E-state index in [1.807, 2.05) is 13.0 Å². The Morgan fingerprint density at radius 3 is 2.95 bits per heavy atom. The van der Waals surface area contributed by atoms with Crippen molar-refractivity contribution in [3.8, 4) is 5.75 Å². The molecular formula is C15H21FN2O. The Labute approximate surface area is 113 Å². The van der Waals surface area contributed by atoms with Crippen LogP contribution in [0.15, 0.2) is 12.1 Å². The smallest absolute Gasteiger partial charge is 0.165 e. The number of nitrogens with two attached hydrogens (primary N) is 1. The summed E-state index contributed by atoms with van der Waals surface area (Å²) in [6.45, 7) is 2.84. The molecule has 1 fully saturated rings. The van der Waals surface area contributed by atoms with Crippen molar-refractivity contribution in [1.29, 1.82) is 0 Å². The van der Waals surface area contributed by atoms with Crippen LogP contribution in [-0.2, 0) is 0 Å². The molecule has 1 heterocycles. The van der Waals surface area contributed by atoms with Crippen LogP contribution in [0, 0.1) is 5.82 Å². The van der Waals surface area contributed by atoms with Gasteiger partial charge >= 0.3 is 0 Å². The molecular weight excluding hydrogens is 243 g/mol. The largest absolute Gasteiger partial charge is 0.493 e. The lowest BCUT2D eigenvalue weighted by Crippen LogP contribution is -2.40. The number of methoxy groups -OCH3 is 1. The number of hydrogen-bond donors (Lipinski definition) is 1. The molecule has 3 nitrogen and oxygen atoms in total. The summed E-state index contributed by atoms with van der Waals surface area (Å²) < 4.78 is 19.2. The van der Waals surface area contributed by atoms with Crippen molar-refractivity contribution in [3.63, 3.8) is 0 Å². The minimum absolute atomic E-state index is 0.114. The highest BCUT2D eigenvalue weighted by atomic mass is 19.1. The molecule has 3 unspecified atom stereocenters. The Balaban J connectivity index is 2.09. The van der Waals surface area contributed by atoms with Gasteiger partial charge in [-0.25, -0.2) is 4.39 Å². The quantitative estimate of drug-likeness (QED) is 0.912. The van der Waals surface area contributed by atoms with Gasteiger partial charge in [-0.1, -0.05) is 6.42 Å². The summed E-state index contributed by atoms with van der Waals surface area (Å²) in [7, 11) is 1.55. The van der Waals surface area contributed by atoms with Crippen molar-refractivity contribution in [2.45, 2.75) is 44.2 Å². The monoisotopic (exact) mass is 264 g/mol. The summed E-state index contributed by atoms with van der Waals surface area (Å²) in [4.78, 5) is 2.36. The Morgan fingerprint density at radius 1 is 1.47 bits per heavy atom. The summed E-state index contributed by atoms with van der Waals surface area (Å²) in [6, 6.07) is 3.97. The minimum Gasteiger partial charge on any atom is -0.493 e. The maximum atomic E-state index is 13.9. The van der Waals surface area contributed by atoms with Crippen LogP contribution in [0.25, 0.3) is 0 Å². The van der Waals surface area contributed by atoms with Crippen molar-refractivity contribution >= 4 is 5.69 Å². The van der Waals surface area contributed by atoms with Crippen LogP contribution < -0.4 is 15.4 Å². The molecule has 0 aromatic heterocycles. The van der Waals surface area contributed by atoms with Gasteiger partial charge in [0.15, 0.2) is 11.6 Å². The van der Waals surface area contributed by atoms with Crippen molar-refractivity contribution in [3.05, 3.63) is 23.5 Å². The van der Waals surface area contributed by atoms with Crippen LogP contribution >= 0.6 is 0 Å². The second-order valence-electron chi connectivity index (χ2n) is 5.75. The van der Waals surface area contributed by atoms with Gasteiger partial charge in [0.05, 0.1) is 7.11 Å². The van der Waals surface area contributed by atoms with Crippen LogP contribution in [-0.4, -0.2) is 25.7 Å². The second kappa shape index (κ2) is 4.67. The zero-order chi connectivity index (χ0) is 13.6. The highest BCUT2D eigenvalue weighted by molar-refractivity contribution is 5.67. The highest BCUT2D eigenvalue weighted by Gasteiger charge is 2.43. The zero-order valence-electron chi connectivity index (χ0n) is 11.5. The summed E-state index contributed by atoms with van der Waals surface area (Å²) in [6.07, 6.45) is 3.48. The first kappa shape index (κ1) is 12.7. The first-order valence-electron chi connectivity index (χ1n) is 7.02. The molecule has 4 heteroatoms. The van der Waals surface area contributed by atoms with E-state index in [9.17, 15) is 4.39 Å². The molecule has 104 valence electrons. The molecule has 1 aliphatic heterocycles. The number of anilines is 1. The Hall–Kier alpha value is -1.29. The number of ether oxygens (including phenoxy) is 1. The number of nitrogens with zero attached hydrogens (tertiary/aromatic N) is 1. The number of fused-ring (bicyclic) bond motifs is 3. The maximum Gasteiger partial charge on any atom is 0.165 e. The lowest BCUT2D eigenvalue weighted by Gasteiger charge is -2.28.